The van der Waals surface area contributed by atoms with Gasteiger partial charge in [-0.05, 0) is 38.8 Å². The molecule has 6 nitrogen and oxygen atoms in total. The lowest BCUT2D eigenvalue weighted by molar-refractivity contribution is -0.136. The van der Waals surface area contributed by atoms with E-state index in [0.29, 0.717) is 23.4 Å². The van der Waals surface area contributed by atoms with E-state index in [9.17, 15) is 9.59 Å². The summed E-state index contributed by atoms with van der Waals surface area (Å²) in [5.74, 6) is -0.952. The van der Waals surface area contributed by atoms with Crippen molar-refractivity contribution in [1.82, 2.24) is 4.98 Å². The van der Waals surface area contributed by atoms with Gasteiger partial charge < -0.3 is 15.2 Å². The van der Waals surface area contributed by atoms with Gasteiger partial charge in [-0.3, -0.25) is 4.79 Å². The number of aryl methyl sites for hydroxylation is 1. The lowest BCUT2D eigenvalue weighted by atomic mass is 10.1. The SMILES string of the molecule is CNc1ncc(CCC(=O)O)cc1C(=O)OC(C)(C)C. The van der Waals surface area contributed by atoms with E-state index >= 15 is 0 Å². The van der Waals surface area contributed by atoms with Crippen LogP contribution >= 0.6 is 0 Å². The summed E-state index contributed by atoms with van der Waals surface area (Å²) in [6, 6.07) is 1.62. The minimum Gasteiger partial charge on any atom is -0.481 e. The molecule has 0 amide bonds. The van der Waals surface area contributed by atoms with Crippen molar-refractivity contribution in [2.24, 2.45) is 0 Å². The van der Waals surface area contributed by atoms with Crippen molar-refractivity contribution in [3.63, 3.8) is 0 Å². The van der Waals surface area contributed by atoms with Crippen molar-refractivity contribution in [3.05, 3.63) is 23.4 Å². The minimum atomic E-state index is -0.887. The summed E-state index contributed by atoms with van der Waals surface area (Å²) in [5, 5.41) is 11.5. The number of aromatic nitrogens is 1. The third kappa shape index (κ3) is 4.87. The van der Waals surface area contributed by atoms with Crippen molar-refractivity contribution in [2.75, 3.05) is 12.4 Å². The molecule has 0 fully saturated rings. The number of rotatable bonds is 5. The molecular weight excluding hydrogens is 260 g/mol. The Morgan fingerprint density at radius 2 is 2.05 bits per heavy atom. The number of pyridine rings is 1. The maximum absolute atomic E-state index is 12.1. The molecule has 0 unspecified atom stereocenters. The molecule has 0 atom stereocenters. The first-order chi connectivity index (χ1) is 9.23. The van der Waals surface area contributed by atoms with Gasteiger partial charge in [0, 0.05) is 19.7 Å². The van der Waals surface area contributed by atoms with Crippen molar-refractivity contribution in [1.29, 1.82) is 0 Å². The molecule has 6 heteroatoms. The van der Waals surface area contributed by atoms with Gasteiger partial charge in [-0.2, -0.15) is 0 Å². The van der Waals surface area contributed by atoms with Crippen LogP contribution in [0.3, 0.4) is 0 Å². The molecule has 0 bridgehead atoms. The monoisotopic (exact) mass is 280 g/mol. The zero-order valence-corrected chi connectivity index (χ0v) is 12.2. The molecule has 1 aromatic rings. The molecule has 0 spiro atoms. The smallest absolute Gasteiger partial charge is 0.342 e. The van der Waals surface area contributed by atoms with E-state index < -0.39 is 17.5 Å². The molecule has 0 aromatic carbocycles. The predicted octanol–water partition coefficient (Wildman–Crippen LogP) is 2.10. The largest absolute Gasteiger partial charge is 0.481 e. The summed E-state index contributed by atoms with van der Waals surface area (Å²) < 4.78 is 5.31. The number of hydrogen-bond donors (Lipinski definition) is 2. The van der Waals surface area contributed by atoms with E-state index in [2.05, 4.69) is 10.3 Å². The Morgan fingerprint density at radius 1 is 1.40 bits per heavy atom. The summed E-state index contributed by atoms with van der Waals surface area (Å²) >= 11 is 0. The van der Waals surface area contributed by atoms with Crippen LogP contribution in [-0.4, -0.2) is 34.7 Å². The van der Waals surface area contributed by atoms with E-state index in [0.717, 1.165) is 0 Å². The number of ether oxygens (including phenoxy) is 1. The Kier molecular flexibility index (Phi) is 5.07. The highest BCUT2D eigenvalue weighted by atomic mass is 16.6. The number of aliphatic carboxylic acids is 1. The summed E-state index contributed by atoms with van der Waals surface area (Å²) in [4.78, 5) is 26.8. The number of anilines is 1. The second kappa shape index (κ2) is 6.36. The van der Waals surface area contributed by atoms with E-state index in [1.165, 1.54) is 0 Å². The van der Waals surface area contributed by atoms with Crippen LogP contribution in [0, 0.1) is 0 Å². The average molecular weight is 280 g/mol. The van der Waals surface area contributed by atoms with Gasteiger partial charge in [0.2, 0.25) is 0 Å². The molecule has 0 aliphatic rings. The number of nitrogens with one attached hydrogen (secondary N) is 1. The molecule has 0 radical (unpaired) electrons. The zero-order valence-electron chi connectivity index (χ0n) is 12.2. The summed E-state index contributed by atoms with van der Waals surface area (Å²) in [5.41, 5.74) is 0.400. The minimum absolute atomic E-state index is 0.00562. The topological polar surface area (TPSA) is 88.5 Å². The van der Waals surface area contributed by atoms with Gasteiger partial charge >= 0.3 is 11.9 Å². The number of carbonyl (C=O) groups is 2. The molecule has 0 saturated carbocycles. The standard InChI is InChI=1S/C14H20N2O4/c1-14(2,3)20-13(19)10-7-9(5-6-11(17)18)8-16-12(10)15-4/h7-8H,5-6H2,1-4H3,(H,15,16)(H,17,18). The summed E-state index contributed by atoms with van der Waals surface area (Å²) in [6.07, 6.45) is 1.87. The maximum atomic E-state index is 12.1. The van der Waals surface area contributed by atoms with Crippen LogP contribution in [0.15, 0.2) is 12.3 Å². The highest BCUT2D eigenvalue weighted by Crippen LogP contribution is 2.19. The number of esters is 1. The van der Waals surface area contributed by atoms with Crippen molar-refractivity contribution >= 4 is 17.8 Å². The normalized spacial score (nSPS) is 11.0. The van der Waals surface area contributed by atoms with Gasteiger partial charge in [0.05, 0.1) is 0 Å². The Hall–Kier alpha value is -2.11. The highest BCUT2D eigenvalue weighted by Gasteiger charge is 2.21. The van der Waals surface area contributed by atoms with Crippen molar-refractivity contribution in [3.8, 4) is 0 Å². The second-order valence-electron chi connectivity index (χ2n) is 5.39. The molecule has 1 heterocycles. The average Bonchev–Trinajstić information content (AvgIpc) is 2.33. The molecule has 0 aliphatic carbocycles. The van der Waals surface area contributed by atoms with Crippen LogP contribution in [0.25, 0.3) is 0 Å². The first-order valence-corrected chi connectivity index (χ1v) is 6.35. The lowest BCUT2D eigenvalue weighted by Crippen LogP contribution is -2.24. The van der Waals surface area contributed by atoms with Gasteiger partial charge in [-0.1, -0.05) is 0 Å². The van der Waals surface area contributed by atoms with E-state index in [1.807, 2.05) is 0 Å². The molecule has 0 aliphatic heterocycles. The Balaban J connectivity index is 2.99. The molecule has 1 rings (SSSR count). The third-order valence-corrected chi connectivity index (χ3v) is 2.43. The van der Waals surface area contributed by atoms with Crippen LogP contribution in [0.5, 0.6) is 0 Å². The van der Waals surface area contributed by atoms with Crippen molar-refractivity contribution < 1.29 is 19.4 Å². The summed E-state index contributed by atoms with van der Waals surface area (Å²) in [6.45, 7) is 5.35. The van der Waals surface area contributed by atoms with Gasteiger partial charge in [0.15, 0.2) is 0 Å². The third-order valence-electron chi connectivity index (χ3n) is 2.43. The molecule has 110 valence electrons. The molecule has 0 saturated heterocycles. The number of nitrogens with zero attached hydrogens (tertiary/aromatic N) is 1. The fourth-order valence-electron chi connectivity index (χ4n) is 1.58. The van der Waals surface area contributed by atoms with Gasteiger partial charge in [0.25, 0.3) is 0 Å². The van der Waals surface area contributed by atoms with E-state index in [4.69, 9.17) is 9.84 Å². The Bertz CT molecular complexity index is 506. The maximum Gasteiger partial charge on any atom is 0.342 e. The number of carbonyl (C=O) groups excluding carboxylic acids is 1. The molecular formula is C14H20N2O4. The first-order valence-electron chi connectivity index (χ1n) is 6.35. The molecule has 1 aromatic heterocycles. The second-order valence-corrected chi connectivity index (χ2v) is 5.39. The quantitative estimate of drug-likeness (QED) is 0.803. The van der Waals surface area contributed by atoms with E-state index in [-0.39, 0.29) is 6.42 Å². The molecule has 2 N–H and O–H groups in total. The lowest BCUT2D eigenvalue weighted by Gasteiger charge is -2.20. The van der Waals surface area contributed by atoms with E-state index in [1.54, 1.807) is 40.1 Å². The first kappa shape index (κ1) is 15.9. The van der Waals surface area contributed by atoms with Crippen molar-refractivity contribution in [2.45, 2.75) is 39.2 Å². The van der Waals surface area contributed by atoms with Gasteiger partial charge in [-0.25, -0.2) is 9.78 Å². The number of hydrogen-bond acceptors (Lipinski definition) is 5. The highest BCUT2D eigenvalue weighted by molar-refractivity contribution is 5.95. The predicted molar refractivity (Wildman–Crippen MR) is 74.9 cm³/mol. The fraction of sp³-hybridized carbons (Fsp3) is 0.500. The Labute approximate surface area is 118 Å². The van der Waals surface area contributed by atoms with Gasteiger partial charge in [0.1, 0.15) is 17.0 Å². The van der Waals surface area contributed by atoms with Crippen LogP contribution in [0.4, 0.5) is 5.82 Å². The van der Waals surface area contributed by atoms with Crippen LogP contribution in [-0.2, 0) is 16.0 Å². The van der Waals surface area contributed by atoms with Gasteiger partial charge in [-0.15, -0.1) is 0 Å². The fourth-order valence-corrected chi connectivity index (χ4v) is 1.58. The zero-order chi connectivity index (χ0) is 15.3. The number of carboxylic acids is 1. The summed E-state index contributed by atoms with van der Waals surface area (Å²) in [7, 11) is 1.66. The van der Waals surface area contributed by atoms with Crippen LogP contribution < -0.4 is 5.32 Å². The Morgan fingerprint density at radius 3 is 2.55 bits per heavy atom. The number of carboxylic acid groups (broad SMARTS) is 1. The molecule has 20 heavy (non-hydrogen) atoms. The van der Waals surface area contributed by atoms with Crippen LogP contribution in [0.2, 0.25) is 0 Å². The van der Waals surface area contributed by atoms with Crippen LogP contribution in [0.1, 0.15) is 43.1 Å².